The van der Waals surface area contributed by atoms with Crippen molar-refractivity contribution in [1.29, 1.82) is 0 Å². The number of furan rings is 1. The van der Waals surface area contributed by atoms with Gasteiger partial charge in [0.15, 0.2) is 0 Å². The first-order chi connectivity index (χ1) is 7.65. The van der Waals surface area contributed by atoms with Crippen LogP contribution in [0.1, 0.15) is 11.7 Å². The van der Waals surface area contributed by atoms with E-state index in [0.29, 0.717) is 0 Å². The molecule has 0 amide bonds. The normalized spacial score (nSPS) is 13.2. The number of fused-ring (bicyclic) bond motifs is 1. The van der Waals surface area contributed by atoms with Gasteiger partial charge in [0.25, 0.3) is 0 Å². The number of aliphatic hydroxyl groups excluding tert-OH is 1. The Morgan fingerprint density at radius 3 is 2.88 bits per heavy atom. The molecule has 2 rings (SSSR count). The fourth-order valence-electron chi connectivity index (χ4n) is 1.69. The molecule has 3 nitrogen and oxygen atoms in total. The summed E-state index contributed by atoms with van der Waals surface area (Å²) in [4.78, 5) is 0. The second kappa shape index (κ2) is 4.19. The van der Waals surface area contributed by atoms with Crippen molar-refractivity contribution in [3.8, 4) is 0 Å². The smallest absolute Gasteiger partial charge is 0.145 e. The third-order valence-corrected chi connectivity index (χ3v) is 2.41. The molecular weight excluding hydrogens is 216 g/mol. The van der Waals surface area contributed by atoms with E-state index in [1.165, 1.54) is 12.3 Å². The fourth-order valence-corrected chi connectivity index (χ4v) is 1.69. The van der Waals surface area contributed by atoms with E-state index in [-0.39, 0.29) is 23.1 Å². The van der Waals surface area contributed by atoms with Crippen LogP contribution in [0, 0.1) is 11.6 Å². The molecule has 0 bridgehead atoms. The lowest BCUT2D eigenvalue weighted by molar-refractivity contribution is 0.173. The van der Waals surface area contributed by atoms with E-state index in [9.17, 15) is 13.9 Å². The quantitative estimate of drug-likeness (QED) is 0.842. The molecule has 16 heavy (non-hydrogen) atoms. The topological polar surface area (TPSA) is 45.4 Å². The van der Waals surface area contributed by atoms with Gasteiger partial charge in [0.05, 0.1) is 23.3 Å². The number of nitrogens with one attached hydrogen (secondary N) is 1. The van der Waals surface area contributed by atoms with Crippen molar-refractivity contribution in [3.05, 3.63) is 35.6 Å². The molecule has 1 unspecified atom stereocenters. The van der Waals surface area contributed by atoms with Crippen LogP contribution in [0.5, 0.6) is 0 Å². The van der Waals surface area contributed by atoms with Gasteiger partial charge in [0.2, 0.25) is 0 Å². The maximum Gasteiger partial charge on any atom is 0.145 e. The molecular formula is C11H11F2NO2. The molecule has 1 heterocycles. The Kier molecular flexibility index (Phi) is 2.89. The highest BCUT2D eigenvalue weighted by molar-refractivity contribution is 5.81. The van der Waals surface area contributed by atoms with Crippen molar-refractivity contribution in [1.82, 2.24) is 5.32 Å². The van der Waals surface area contributed by atoms with Crippen LogP contribution in [0.3, 0.4) is 0 Å². The zero-order valence-corrected chi connectivity index (χ0v) is 8.63. The number of aliphatic hydroxyl groups is 1. The summed E-state index contributed by atoms with van der Waals surface area (Å²) in [6.45, 7) is 0.165. The van der Waals surface area contributed by atoms with E-state index < -0.39 is 17.7 Å². The first kappa shape index (κ1) is 11.0. The predicted molar refractivity (Wildman–Crippen MR) is 55.0 cm³/mol. The Labute approximate surface area is 90.7 Å². The Hall–Kier alpha value is -1.46. The van der Waals surface area contributed by atoms with Gasteiger partial charge >= 0.3 is 0 Å². The zero-order valence-electron chi connectivity index (χ0n) is 8.63. The van der Waals surface area contributed by atoms with Crippen molar-refractivity contribution in [2.75, 3.05) is 13.6 Å². The number of hydrogen-bond donors (Lipinski definition) is 2. The first-order valence-corrected chi connectivity index (χ1v) is 4.83. The summed E-state index contributed by atoms with van der Waals surface area (Å²) in [5, 5.41) is 12.6. The minimum atomic E-state index is -1.07. The highest BCUT2D eigenvalue weighted by atomic mass is 19.1. The monoisotopic (exact) mass is 227 g/mol. The van der Waals surface area contributed by atoms with Crippen LogP contribution in [0.15, 0.2) is 22.8 Å². The molecule has 1 aromatic carbocycles. The molecule has 0 aliphatic carbocycles. The van der Waals surface area contributed by atoms with Gasteiger partial charge in [-0.1, -0.05) is 0 Å². The van der Waals surface area contributed by atoms with E-state index >= 15 is 0 Å². The molecule has 2 aromatic rings. The molecule has 0 aliphatic heterocycles. The number of benzene rings is 1. The molecule has 1 atom stereocenters. The lowest BCUT2D eigenvalue weighted by Crippen LogP contribution is -2.18. The SMILES string of the molecule is CNCC(O)c1c(F)cc(F)c2ccoc12. The number of likely N-dealkylation sites (N-methyl/N-ethyl adjacent to an activating group) is 1. The number of rotatable bonds is 3. The summed E-state index contributed by atoms with van der Waals surface area (Å²) in [6.07, 6.45) is 0.197. The summed E-state index contributed by atoms with van der Waals surface area (Å²) < 4.78 is 31.9. The minimum absolute atomic E-state index is 0.0178. The molecule has 0 radical (unpaired) electrons. The Morgan fingerprint density at radius 1 is 1.44 bits per heavy atom. The average Bonchev–Trinajstić information content (AvgIpc) is 2.66. The third kappa shape index (κ3) is 1.68. The van der Waals surface area contributed by atoms with Crippen molar-refractivity contribution >= 4 is 11.0 Å². The number of hydrogen-bond acceptors (Lipinski definition) is 3. The lowest BCUT2D eigenvalue weighted by atomic mass is 10.1. The molecule has 1 aromatic heterocycles. The zero-order chi connectivity index (χ0) is 11.7. The van der Waals surface area contributed by atoms with Gasteiger partial charge in [-0.2, -0.15) is 0 Å². The second-order valence-corrected chi connectivity index (χ2v) is 3.49. The molecule has 0 fully saturated rings. The van der Waals surface area contributed by atoms with Crippen LogP contribution in [0.2, 0.25) is 0 Å². The van der Waals surface area contributed by atoms with E-state index in [0.717, 1.165) is 6.07 Å². The molecule has 0 saturated heterocycles. The van der Waals surface area contributed by atoms with Gasteiger partial charge in [0, 0.05) is 12.6 Å². The average molecular weight is 227 g/mol. The Bertz CT molecular complexity index is 510. The van der Waals surface area contributed by atoms with Gasteiger partial charge in [-0.25, -0.2) is 8.78 Å². The number of halogens is 2. The fraction of sp³-hybridized carbons (Fsp3) is 0.273. The minimum Gasteiger partial charge on any atom is -0.464 e. The van der Waals surface area contributed by atoms with Gasteiger partial charge in [-0.15, -0.1) is 0 Å². The summed E-state index contributed by atoms with van der Waals surface area (Å²) in [7, 11) is 1.63. The highest BCUT2D eigenvalue weighted by Crippen LogP contribution is 2.29. The highest BCUT2D eigenvalue weighted by Gasteiger charge is 2.20. The molecule has 2 N–H and O–H groups in total. The van der Waals surface area contributed by atoms with E-state index in [1.807, 2.05) is 0 Å². The standard InChI is InChI=1S/C11H11F2NO2/c1-14-5-9(15)10-8(13)4-7(12)6-2-3-16-11(6)10/h2-4,9,14-15H,5H2,1H3. The van der Waals surface area contributed by atoms with Gasteiger partial charge in [-0.05, 0) is 13.1 Å². The molecule has 0 aliphatic rings. The lowest BCUT2D eigenvalue weighted by Gasteiger charge is -2.11. The maximum atomic E-state index is 13.5. The maximum absolute atomic E-state index is 13.5. The second-order valence-electron chi connectivity index (χ2n) is 3.49. The van der Waals surface area contributed by atoms with Gasteiger partial charge < -0.3 is 14.8 Å². The van der Waals surface area contributed by atoms with Crippen molar-refractivity contribution in [3.63, 3.8) is 0 Å². The Balaban J connectivity index is 2.63. The van der Waals surface area contributed by atoms with Crippen molar-refractivity contribution < 1.29 is 18.3 Å². The molecule has 5 heteroatoms. The van der Waals surface area contributed by atoms with Gasteiger partial charge in [-0.3, -0.25) is 0 Å². The van der Waals surface area contributed by atoms with Crippen LogP contribution in [-0.2, 0) is 0 Å². The van der Waals surface area contributed by atoms with E-state index in [1.54, 1.807) is 7.05 Å². The third-order valence-electron chi connectivity index (χ3n) is 2.41. The molecule has 0 spiro atoms. The summed E-state index contributed by atoms with van der Waals surface area (Å²) in [5.74, 6) is -1.50. The van der Waals surface area contributed by atoms with Crippen LogP contribution in [-0.4, -0.2) is 18.7 Å². The van der Waals surface area contributed by atoms with Crippen molar-refractivity contribution in [2.24, 2.45) is 0 Å². The van der Waals surface area contributed by atoms with Crippen LogP contribution in [0.25, 0.3) is 11.0 Å². The molecule has 0 saturated carbocycles. The summed E-state index contributed by atoms with van der Waals surface area (Å²) in [5.41, 5.74) is 0.0380. The van der Waals surface area contributed by atoms with Crippen LogP contribution in [0.4, 0.5) is 8.78 Å². The van der Waals surface area contributed by atoms with Gasteiger partial charge in [0.1, 0.15) is 17.2 Å². The summed E-state index contributed by atoms with van der Waals surface area (Å²) >= 11 is 0. The van der Waals surface area contributed by atoms with E-state index in [4.69, 9.17) is 4.42 Å². The largest absolute Gasteiger partial charge is 0.464 e. The Morgan fingerprint density at radius 2 is 2.19 bits per heavy atom. The van der Waals surface area contributed by atoms with Crippen molar-refractivity contribution in [2.45, 2.75) is 6.10 Å². The summed E-state index contributed by atoms with van der Waals surface area (Å²) in [6, 6.07) is 2.16. The first-order valence-electron chi connectivity index (χ1n) is 4.83. The predicted octanol–water partition coefficient (Wildman–Crippen LogP) is 1.96. The van der Waals surface area contributed by atoms with E-state index in [2.05, 4.69) is 5.32 Å². The van der Waals surface area contributed by atoms with Crippen LogP contribution >= 0.6 is 0 Å². The van der Waals surface area contributed by atoms with Crippen LogP contribution < -0.4 is 5.32 Å². The molecule has 86 valence electrons.